The van der Waals surface area contributed by atoms with Crippen LogP contribution in [0.2, 0.25) is 0 Å². The Balaban J connectivity index is 2.29. The molecule has 16 heavy (non-hydrogen) atoms. The smallest absolute Gasteiger partial charge is 0.139 e. The summed E-state index contributed by atoms with van der Waals surface area (Å²) in [6, 6.07) is 3.17. The summed E-state index contributed by atoms with van der Waals surface area (Å²) in [7, 11) is 0. The highest BCUT2D eigenvalue weighted by molar-refractivity contribution is 9.10. The fourth-order valence-corrected chi connectivity index (χ4v) is 2.57. The Kier molecular flexibility index (Phi) is 3.38. The number of hydrogen-bond donors (Lipinski definition) is 1. The largest absolute Gasteiger partial charge is 0.397 e. The number of nitrogens with two attached hydrogens (primary N) is 1. The molecular weight excluding hydrogens is 271 g/mol. The van der Waals surface area contributed by atoms with E-state index in [0.29, 0.717) is 16.1 Å². The molecule has 1 aromatic carbocycles. The van der Waals surface area contributed by atoms with E-state index in [1.54, 1.807) is 6.07 Å². The molecule has 0 spiro atoms. The third-order valence-corrected chi connectivity index (χ3v) is 3.67. The van der Waals surface area contributed by atoms with E-state index in [1.165, 1.54) is 18.9 Å². The summed E-state index contributed by atoms with van der Waals surface area (Å²) in [5.41, 5.74) is 7.33. The van der Waals surface area contributed by atoms with Gasteiger partial charge in [-0.2, -0.15) is 0 Å². The Bertz CT molecular complexity index is 395. The maximum Gasteiger partial charge on any atom is 0.139 e. The predicted molar refractivity (Wildman–Crippen MR) is 69.1 cm³/mol. The van der Waals surface area contributed by atoms with Gasteiger partial charge < -0.3 is 10.6 Å². The summed E-state index contributed by atoms with van der Waals surface area (Å²) in [5.74, 6) is 0.378. The molecule has 0 aromatic heterocycles. The lowest BCUT2D eigenvalue weighted by atomic mass is 9.99. The van der Waals surface area contributed by atoms with Crippen LogP contribution >= 0.6 is 15.9 Å². The first kappa shape index (κ1) is 11.7. The molecule has 4 heteroatoms. The van der Waals surface area contributed by atoms with Crippen molar-refractivity contribution in [2.45, 2.75) is 19.8 Å². The summed E-state index contributed by atoms with van der Waals surface area (Å²) in [4.78, 5) is 2.24. The highest BCUT2D eigenvalue weighted by Crippen LogP contribution is 2.32. The molecule has 0 radical (unpaired) electrons. The number of nitrogen functional groups attached to an aromatic ring is 1. The van der Waals surface area contributed by atoms with Crippen molar-refractivity contribution in [3.8, 4) is 0 Å². The van der Waals surface area contributed by atoms with Gasteiger partial charge in [0.05, 0.1) is 15.8 Å². The fraction of sp³-hybridized carbons (Fsp3) is 0.500. The van der Waals surface area contributed by atoms with E-state index in [1.807, 2.05) is 0 Å². The van der Waals surface area contributed by atoms with Crippen LogP contribution in [0.5, 0.6) is 0 Å². The highest BCUT2D eigenvalue weighted by Gasteiger charge is 2.19. The molecule has 2 N–H and O–H groups in total. The van der Waals surface area contributed by atoms with E-state index >= 15 is 0 Å². The van der Waals surface area contributed by atoms with Crippen LogP contribution in [-0.2, 0) is 0 Å². The van der Waals surface area contributed by atoms with Gasteiger partial charge in [-0.15, -0.1) is 0 Å². The second-order valence-corrected chi connectivity index (χ2v) is 5.37. The predicted octanol–water partition coefficient (Wildman–Crippen LogP) is 3.41. The standard InChI is InChI=1S/C12H16BrFN2/c1-8-3-2-4-16(7-8)12-5-9(13)10(14)6-11(12)15/h5-6,8H,2-4,7,15H2,1H3. The number of hydrogen-bond acceptors (Lipinski definition) is 2. The molecule has 1 unspecified atom stereocenters. The van der Waals surface area contributed by atoms with Gasteiger partial charge in [0.1, 0.15) is 5.82 Å². The molecule has 1 fully saturated rings. The van der Waals surface area contributed by atoms with Crippen molar-refractivity contribution in [3.05, 3.63) is 22.4 Å². The number of rotatable bonds is 1. The first-order chi connectivity index (χ1) is 7.58. The first-order valence-corrected chi connectivity index (χ1v) is 6.36. The average Bonchev–Trinajstić information content (AvgIpc) is 2.23. The molecule has 2 nitrogen and oxygen atoms in total. The number of nitrogens with zero attached hydrogens (tertiary/aromatic N) is 1. The summed E-state index contributed by atoms with van der Waals surface area (Å²) < 4.78 is 13.7. The van der Waals surface area contributed by atoms with E-state index in [0.717, 1.165) is 18.8 Å². The van der Waals surface area contributed by atoms with Gasteiger partial charge in [-0.25, -0.2) is 4.39 Å². The second-order valence-electron chi connectivity index (χ2n) is 4.52. The molecule has 1 atom stereocenters. The van der Waals surface area contributed by atoms with Gasteiger partial charge >= 0.3 is 0 Å². The normalized spacial score (nSPS) is 21.2. The number of piperidine rings is 1. The first-order valence-electron chi connectivity index (χ1n) is 5.57. The van der Waals surface area contributed by atoms with Crippen molar-refractivity contribution in [3.63, 3.8) is 0 Å². The monoisotopic (exact) mass is 286 g/mol. The van der Waals surface area contributed by atoms with Gasteiger partial charge in [0.2, 0.25) is 0 Å². The van der Waals surface area contributed by atoms with Gasteiger partial charge in [0.25, 0.3) is 0 Å². The minimum atomic E-state index is -0.300. The zero-order valence-corrected chi connectivity index (χ0v) is 10.9. The molecule has 0 saturated carbocycles. The van der Waals surface area contributed by atoms with Crippen molar-refractivity contribution >= 4 is 27.3 Å². The Morgan fingerprint density at radius 2 is 2.25 bits per heavy atom. The minimum absolute atomic E-state index is 0.300. The van der Waals surface area contributed by atoms with Gasteiger partial charge in [-0.1, -0.05) is 6.92 Å². The maximum atomic E-state index is 13.3. The van der Waals surface area contributed by atoms with Crippen molar-refractivity contribution < 1.29 is 4.39 Å². The zero-order chi connectivity index (χ0) is 11.7. The summed E-state index contributed by atoms with van der Waals surface area (Å²) in [5, 5.41) is 0. The van der Waals surface area contributed by atoms with E-state index < -0.39 is 0 Å². The van der Waals surface area contributed by atoms with Crippen LogP contribution in [0.15, 0.2) is 16.6 Å². The Labute approximate surface area is 104 Å². The molecule has 1 aliphatic heterocycles. The summed E-state index contributed by atoms with van der Waals surface area (Å²) in [6.45, 7) is 4.25. The lowest BCUT2D eigenvalue weighted by Gasteiger charge is -2.33. The van der Waals surface area contributed by atoms with Crippen molar-refractivity contribution in [2.75, 3.05) is 23.7 Å². The van der Waals surface area contributed by atoms with Gasteiger partial charge in [-0.3, -0.25) is 0 Å². The Morgan fingerprint density at radius 1 is 1.50 bits per heavy atom. The molecule has 1 aromatic rings. The van der Waals surface area contributed by atoms with Gasteiger partial charge in [0.15, 0.2) is 0 Å². The third kappa shape index (κ3) is 2.32. The molecule has 1 heterocycles. The fourth-order valence-electron chi connectivity index (χ4n) is 2.23. The summed E-state index contributed by atoms with van der Waals surface area (Å²) >= 11 is 3.20. The van der Waals surface area contributed by atoms with Crippen molar-refractivity contribution in [1.29, 1.82) is 0 Å². The molecule has 88 valence electrons. The van der Waals surface area contributed by atoms with Crippen LogP contribution in [0.25, 0.3) is 0 Å². The molecule has 1 aliphatic rings. The maximum absolute atomic E-state index is 13.3. The van der Waals surface area contributed by atoms with Gasteiger partial charge in [0, 0.05) is 19.2 Å². The van der Waals surface area contributed by atoms with Crippen LogP contribution in [0.3, 0.4) is 0 Å². The van der Waals surface area contributed by atoms with Gasteiger partial charge in [-0.05, 0) is 40.8 Å². The number of halogens is 2. The molecule has 1 saturated heterocycles. The Morgan fingerprint density at radius 3 is 2.94 bits per heavy atom. The number of anilines is 2. The minimum Gasteiger partial charge on any atom is -0.397 e. The molecule has 0 aliphatic carbocycles. The number of benzene rings is 1. The summed E-state index contributed by atoms with van der Waals surface area (Å²) in [6.07, 6.45) is 2.44. The SMILES string of the molecule is CC1CCCN(c2cc(Br)c(F)cc2N)C1. The van der Waals surface area contributed by atoms with E-state index in [9.17, 15) is 4.39 Å². The van der Waals surface area contributed by atoms with Crippen LogP contribution in [0.1, 0.15) is 19.8 Å². The van der Waals surface area contributed by atoms with E-state index in [4.69, 9.17) is 5.73 Å². The molecule has 0 amide bonds. The van der Waals surface area contributed by atoms with Crippen LogP contribution < -0.4 is 10.6 Å². The Hall–Kier alpha value is -0.770. The lowest BCUT2D eigenvalue weighted by molar-refractivity contribution is 0.447. The van der Waals surface area contributed by atoms with Crippen LogP contribution in [-0.4, -0.2) is 13.1 Å². The second kappa shape index (κ2) is 4.62. The zero-order valence-electron chi connectivity index (χ0n) is 9.34. The lowest BCUT2D eigenvalue weighted by Crippen LogP contribution is -2.34. The third-order valence-electron chi connectivity index (χ3n) is 3.07. The van der Waals surface area contributed by atoms with Crippen LogP contribution in [0.4, 0.5) is 15.8 Å². The topological polar surface area (TPSA) is 29.3 Å². The molecular formula is C12H16BrFN2. The molecule has 0 bridgehead atoms. The molecule has 2 rings (SSSR count). The van der Waals surface area contributed by atoms with Crippen molar-refractivity contribution in [1.82, 2.24) is 0 Å². The highest BCUT2D eigenvalue weighted by atomic mass is 79.9. The average molecular weight is 287 g/mol. The quantitative estimate of drug-likeness (QED) is 0.802. The van der Waals surface area contributed by atoms with Crippen LogP contribution in [0, 0.1) is 11.7 Å². The van der Waals surface area contributed by atoms with E-state index in [2.05, 4.69) is 27.8 Å². The van der Waals surface area contributed by atoms with E-state index in [-0.39, 0.29) is 5.82 Å². The van der Waals surface area contributed by atoms with Crippen molar-refractivity contribution in [2.24, 2.45) is 5.92 Å².